The van der Waals surface area contributed by atoms with Crippen LogP contribution in [0, 0.1) is 53.3 Å². The summed E-state index contributed by atoms with van der Waals surface area (Å²) >= 11 is 2.02. The quantitative estimate of drug-likeness (QED) is 0.0240. The van der Waals surface area contributed by atoms with Gasteiger partial charge in [0.2, 0.25) is 35.4 Å². The van der Waals surface area contributed by atoms with E-state index < -0.39 is 96.6 Å². The molecule has 3 aliphatic carbocycles. The lowest BCUT2D eigenvalue weighted by Gasteiger charge is -2.58. The number of likely N-dealkylation sites (tertiary alicyclic amines) is 2. The Morgan fingerprint density at radius 2 is 1.49 bits per heavy atom. The second-order valence-corrected chi connectivity index (χ2v) is 35.9. The molecule has 19 atom stereocenters. The molecule has 0 spiro atoms. The van der Waals surface area contributed by atoms with Crippen molar-refractivity contribution < 1.29 is 72.7 Å². The lowest BCUT2D eigenvalue weighted by Crippen LogP contribution is -2.78. The number of nitrogens with one attached hydrogen (secondary N) is 9. The maximum Gasteiger partial charge on any atom is 0.411 e. The third-order valence-electron chi connectivity index (χ3n) is 26.2. The molecule has 7 aliphatic heterocycles. The molecule has 112 heavy (non-hydrogen) atoms. The predicted octanol–water partition coefficient (Wildman–Crippen LogP) is 1.10. The smallest absolute Gasteiger partial charge is 0.411 e. The molecule has 16 N–H and O–H groups in total. The highest BCUT2D eigenvalue weighted by atomic mass is 32.2. The summed E-state index contributed by atoms with van der Waals surface area (Å²) < 4.78 is 12.4. The molecule has 632 valence electrons. The first-order valence-electron chi connectivity index (χ1n) is 42.3. The van der Waals surface area contributed by atoms with Crippen LogP contribution in [0.25, 0.3) is 0 Å². The van der Waals surface area contributed by atoms with Crippen molar-refractivity contribution in [3.05, 3.63) is 12.2 Å². The Kier molecular flexibility index (Phi) is 33.5. The first-order chi connectivity index (χ1) is 53.6. The van der Waals surface area contributed by atoms with Gasteiger partial charge in [0, 0.05) is 162 Å². The number of carbonyl (C=O) groups excluding carboxylic acids is 10. The van der Waals surface area contributed by atoms with Crippen molar-refractivity contribution in [3.8, 4) is 0 Å². The highest BCUT2D eigenvalue weighted by Crippen LogP contribution is 2.41. The second-order valence-electron chi connectivity index (χ2n) is 34.7. The number of hydrogen-bond acceptors (Lipinski definition) is 23. The zero-order chi connectivity index (χ0) is 80.4. The Hall–Kier alpha value is -5.85. The van der Waals surface area contributed by atoms with Crippen LogP contribution in [0.1, 0.15) is 183 Å². The maximum atomic E-state index is 14.8. The summed E-state index contributed by atoms with van der Waals surface area (Å²) in [5.74, 6) is -3.11. The number of fused-ring (bicyclic) bond motifs is 3. The van der Waals surface area contributed by atoms with E-state index in [9.17, 15) is 63.3 Å². The average Bonchev–Trinajstić information content (AvgIpc) is 0.935. The van der Waals surface area contributed by atoms with Crippen LogP contribution < -0.4 is 59.5 Å². The average molecular weight is 1600 g/mol. The lowest BCUT2D eigenvalue weighted by molar-refractivity contribution is -0.147. The van der Waals surface area contributed by atoms with Crippen molar-refractivity contribution in [2.24, 2.45) is 64.7 Å². The number of hydrazine groups is 1. The van der Waals surface area contributed by atoms with Gasteiger partial charge >= 0.3 is 12.1 Å². The number of imide groups is 1. The molecule has 0 aromatic heterocycles. The standard InChI is InChI=1S/C79H135N17O15S/c1-46(2)69(77(107)95-43-56(97)37-62(95)75(105)85-48(5)51-18-20-52(21-19-51)71-49(6)84-45-112-71)64(99)39-65(80)110-35-34-91-30-26-50(27-31-91)40-92-32-33-93-55(41-92)42-96(72-61(93)38-60(89-90-72)57-14-10-11-16-63(57)98)79(109)111-44-53-22-23-54(36-58(53)73(103)82-7)86-74(104)59(15-13-28-83-78(81)108)87-76(106)70(47(3)4)88-66(100)17-9-8-12-29-94-67(101)24-25-68(94)102/h24-25,46-65,69-72,84,89-90,97-99H,8-23,26-45,80H2,1-7H3,(H,82,103)(H,85,105)(H,86,104)(H,87,106)(H,88,100)(H3,81,83,108)/t48-,49?,51?,52?,53?,54?,55+,56+,57?,58?,59-,60?,61?,62-,63?,64?,65?,69+,70-,71?,72?/m0/s1. The summed E-state index contributed by atoms with van der Waals surface area (Å²) in [6, 6.07) is -3.81. The molecule has 0 aromatic carbocycles. The first kappa shape index (κ1) is 88.5. The number of amides is 11. The molecule has 12 unspecified atom stereocenters. The van der Waals surface area contributed by atoms with Crippen molar-refractivity contribution >= 4 is 71.1 Å². The zero-order valence-corrected chi connectivity index (χ0v) is 68.3. The summed E-state index contributed by atoms with van der Waals surface area (Å²) in [5, 5.41) is 55.3. The molecular weight excluding hydrogens is 1460 g/mol. The van der Waals surface area contributed by atoms with E-state index in [1.165, 1.54) is 17.1 Å². The maximum absolute atomic E-state index is 14.8. The molecule has 7 heterocycles. The zero-order valence-electron chi connectivity index (χ0n) is 67.5. The van der Waals surface area contributed by atoms with Crippen LogP contribution in [0.2, 0.25) is 0 Å². The number of β-amino-alcohol motifs (C(OH)–C–C–N with tert-alkyl or cyclic N) is 1. The molecule has 11 amide bonds. The highest BCUT2D eigenvalue weighted by molar-refractivity contribution is 8.00. The molecule has 9 fully saturated rings. The molecule has 0 aromatic rings. The normalized spacial score (nSPS) is 31.2. The molecule has 6 saturated heterocycles. The van der Waals surface area contributed by atoms with Crippen molar-refractivity contribution in [1.29, 1.82) is 0 Å². The summed E-state index contributed by atoms with van der Waals surface area (Å²) in [5.41, 5.74) is 19.0. The number of urea groups is 1. The predicted molar refractivity (Wildman–Crippen MR) is 422 cm³/mol. The van der Waals surface area contributed by atoms with Gasteiger partial charge in [-0.25, -0.2) is 15.0 Å². The fourth-order valence-electron chi connectivity index (χ4n) is 19.7. The molecule has 32 nitrogen and oxygen atoms in total. The number of nitrogens with two attached hydrogens (primary N) is 2. The van der Waals surface area contributed by atoms with E-state index in [1.54, 1.807) is 25.8 Å². The van der Waals surface area contributed by atoms with E-state index in [0.29, 0.717) is 80.8 Å². The van der Waals surface area contributed by atoms with E-state index in [1.807, 2.05) is 25.6 Å². The molecule has 33 heteroatoms. The molecular formula is C79H135N17O15S. The lowest BCUT2D eigenvalue weighted by atomic mass is 9.76. The Morgan fingerprint density at radius 1 is 0.750 bits per heavy atom. The van der Waals surface area contributed by atoms with Crippen molar-refractivity contribution in [2.75, 3.05) is 98.1 Å². The third-order valence-corrected chi connectivity index (χ3v) is 27.8. The number of unbranched alkanes of at least 4 members (excludes halogenated alkanes) is 2. The Morgan fingerprint density at radius 3 is 2.18 bits per heavy atom. The monoisotopic (exact) mass is 1590 g/mol. The number of carbonyl (C=O) groups is 10. The number of piperazine rings is 2. The number of hydrogen-bond donors (Lipinski definition) is 14. The van der Waals surface area contributed by atoms with Crippen LogP contribution in [0.4, 0.5) is 9.59 Å². The Labute approximate surface area is 666 Å². The number of rotatable bonds is 35. The van der Waals surface area contributed by atoms with Crippen LogP contribution in [0.15, 0.2) is 12.2 Å². The minimum atomic E-state index is -1.13. The van der Waals surface area contributed by atoms with Crippen molar-refractivity contribution in [1.82, 2.24) is 77.5 Å². The van der Waals surface area contributed by atoms with E-state index in [-0.39, 0.29) is 142 Å². The number of ether oxygens (including phenoxy) is 2. The van der Waals surface area contributed by atoms with Gasteiger partial charge in [0.1, 0.15) is 30.5 Å². The SMILES string of the molecule is CNC(=O)C1CC(NC(=O)[C@H](CCCNC(N)=O)NC(=O)[C@@H](NC(=O)CCCCCN2C(=O)C=CC2=O)C(C)C)CCC1COC(=O)N1C[C@H]2CN(CC3CCN(CCOC(N)CC(O)[C@H](C(=O)N4C[C@H](O)C[C@H]4C(=O)N[C@@H](C)C4CCC(C5SCNC5C)CC4)C(C)C)CC3)CCN2C2CC(C3CCCCC3O)NNC21. The van der Waals surface area contributed by atoms with E-state index in [4.69, 9.17) is 20.9 Å². The third kappa shape index (κ3) is 23.9. The van der Waals surface area contributed by atoms with Crippen LogP contribution in [-0.4, -0.2) is 293 Å². The topological polar surface area (TPSA) is 430 Å². The van der Waals surface area contributed by atoms with Crippen molar-refractivity contribution in [3.63, 3.8) is 0 Å². The van der Waals surface area contributed by atoms with Gasteiger partial charge in [-0.1, -0.05) is 47.0 Å². The van der Waals surface area contributed by atoms with Crippen LogP contribution in [0.5, 0.6) is 0 Å². The minimum absolute atomic E-state index is 0.00384. The van der Waals surface area contributed by atoms with Crippen molar-refractivity contribution in [2.45, 2.75) is 273 Å². The number of piperidine rings is 1. The van der Waals surface area contributed by atoms with Crippen LogP contribution in [-0.2, 0) is 47.8 Å². The van der Waals surface area contributed by atoms with E-state index in [2.05, 4.69) is 76.6 Å². The van der Waals surface area contributed by atoms with Gasteiger partial charge in [-0.3, -0.25) is 58.5 Å². The highest BCUT2D eigenvalue weighted by Gasteiger charge is 2.52. The van der Waals surface area contributed by atoms with Crippen LogP contribution >= 0.6 is 11.8 Å². The second kappa shape index (κ2) is 42.3. The fraction of sp³-hybridized carbons (Fsp3) is 0.848. The largest absolute Gasteiger partial charge is 0.449 e. The van der Waals surface area contributed by atoms with Gasteiger partial charge < -0.3 is 88.2 Å². The van der Waals surface area contributed by atoms with Gasteiger partial charge in [0.15, 0.2) is 0 Å². The fourth-order valence-corrected chi connectivity index (χ4v) is 21.2. The number of thioether (sulfide) groups is 1. The minimum Gasteiger partial charge on any atom is -0.449 e. The van der Waals surface area contributed by atoms with Gasteiger partial charge in [-0.2, -0.15) is 0 Å². The molecule has 10 rings (SSSR count). The van der Waals surface area contributed by atoms with Crippen LogP contribution in [0.3, 0.4) is 0 Å². The van der Waals surface area contributed by atoms with Gasteiger partial charge in [-0.15, -0.1) is 11.8 Å². The molecule has 0 radical (unpaired) electrons. The van der Waals surface area contributed by atoms with E-state index >= 15 is 0 Å². The van der Waals surface area contributed by atoms with Gasteiger partial charge in [-0.05, 0) is 159 Å². The summed E-state index contributed by atoms with van der Waals surface area (Å²) in [6.07, 6.45) is 12.3. The molecule has 0 bridgehead atoms. The Bertz CT molecular complexity index is 3170. The summed E-state index contributed by atoms with van der Waals surface area (Å²) in [7, 11) is 1.55. The summed E-state index contributed by atoms with van der Waals surface area (Å²) in [4.78, 5) is 146. The Balaban J connectivity index is 0.680. The molecule has 3 saturated carbocycles. The first-order valence-corrected chi connectivity index (χ1v) is 43.4. The van der Waals surface area contributed by atoms with Gasteiger partial charge in [0.05, 0.1) is 37.4 Å². The number of nitrogens with zero attached hydrogens (tertiary/aromatic N) is 6. The number of aliphatic hydroxyl groups is 3. The van der Waals surface area contributed by atoms with E-state index in [0.717, 1.165) is 121 Å². The number of primary amides is 1. The summed E-state index contributed by atoms with van der Waals surface area (Å²) in [6.45, 7) is 18.5. The van der Waals surface area contributed by atoms with Gasteiger partial charge in [0.25, 0.3) is 11.8 Å². The molecule has 10 aliphatic rings. The number of aliphatic hydroxyl groups excluding tert-OH is 3.